The van der Waals surface area contributed by atoms with Gasteiger partial charge in [0.15, 0.2) is 5.13 Å². The number of anilines is 1. The van der Waals surface area contributed by atoms with Crippen molar-refractivity contribution in [1.82, 2.24) is 4.98 Å². The highest BCUT2D eigenvalue weighted by Crippen LogP contribution is 2.39. The van der Waals surface area contributed by atoms with E-state index in [1.54, 1.807) is 0 Å². The maximum atomic E-state index is 12.4. The Kier molecular flexibility index (Phi) is 3.50. The molecule has 86 valence electrons. The van der Waals surface area contributed by atoms with E-state index in [1.807, 2.05) is 0 Å². The Morgan fingerprint density at radius 3 is 2.67 bits per heavy atom. The van der Waals surface area contributed by atoms with Crippen LogP contribution in [0.1, 0.15) is 17.0 Å². The van der Waals surface area contributed by atoms with Gasteiger partial charge in [-0.05, 0) is 19.3 Å². The molecule has 2 N–H and O–H groups in total. The van der Waals surface area contributed by atoms with Gasteiger partial charge in [0.2, 0.25) is 0 Å². The molecule has 0 saturated carbocycles. The minimum absolute atomic E-state index is 0. The van der Waals surface area contributed by atoms with E-state index < -0.39 is 12.1 Å². The second-order valence-electron chi connectivity index (χ2n) is 3.40. The van der Waals surface area contributed by atoms with Gasteiger partial charge in [-0.1, -0.05) is 0 Å². The van der Waals surface area contributed by atoms with Crippen LogP contribution in [0.5, 0.6) is 0 Å². The first-order valence-corrected chi connectivity index (χ1v) is 5.09. The molecule has 7 heteroatoms. The van der Waals surface area contributed by atoms with Gasteiger partial charge in [-0.25, -0.2) is 4.98 Å². The van der Waals surface area contributed by atoms with Crippen LogP contribution in [-0.2, 0) is 12.8 Å². The third kappa shape index (κ3) is 2.55. The summed E-state index contributed by atoms with van der Waals surface area (Å²) < 4.78 is 37.2. The van der Waals surface area contributed by atoms with Crippen molar-refractivity contribution < 1.29 is 13.2 Å². The Bertz CT molecular complexity index is 350. The molecule has 15 heavy (non-hydrogen) atoms. The lowest BCUT2D eigenvalue weighted by atomic mass is 9.91. The van der Waals surface area contributed by atoms with E-state index in [0.717, 1.165) is 5.69 Å². The molecule has 1 aliphatic rings. The van der Waals surface area contributed by atoms with Crippen LogP contribution in [0.2, 0.25) is 0 Å². The molecule has 0 fully saturated rings. The topological polar surface area (TPSA) is 38.9 Å². The predicted octanol–water partition coefficient (Wildman–Crippen LogP) is 2.81. The molecular weight excluding hydrogens is 249 g/mol. The highest BCUT2D eigenvalue weighted by atomic mass is 35.5. The third-order valence-corrected chi connectivity index (χ3v) is 3.37. The van der Waals surface area contributed by atoms with E-state index in [0.29, 0.717) is 16.4 Å². The summed E-state index contributed by atoms with van der Waals surface area (Å²) in [4.78, 5) is 4.70. The third-order valence-electron chi connectivity index (χ3n) is 2.42. The summed E-state index contributed by atoms with van der Waals surface area (Å²) in [6, 6.07) is 0. The molecule has 1 unspecified atom stereocenters. The van der Waals surface area contributed by atoms with Crippen molar-refractivity contribution in [3.05, 3.63) is 10.6 Å². The van der Waals surface area contributed by atoms with Gasteiger partial charge in [-0.3, -0.25) is 0 Å². The maximum absolute atomic E-state index is 12.4. The van der Waals surface area contributed by atoms with Gasteiger partial charge in [0.05, 0.1) is 11.6 Å². The normalized spacial score (nSPS) is 20.6. The van der Waals surface area contributed by atoms with E-state index in [-0.39, 0.29) is 25.2 Å². The molecule has 0 aromatic carbocycles. The van der Waals surface area contributed by atoms with E-state index in [2.05, 4.69) is 4.98 Å². The van der Waals surface area contributed by atoms with E-state index >= 15 is 0 Å². The van der Waals surface area contributed by atoms with Gasteiger partial charge in [0.25, 0.3) is 0 Å². The first kappa shape index (κ1) is 12.6. The second kappa shape index (κ2) is 4.17. The first-order valence-electron chi connectivity index (χ1n) is 4.27. The Morgan fingerprint density at radius 2 is 2.07 bits per heavy atom. The standard InChI is InChI=1S/C8H9F3N2S.ClH/c9-8(10,11)4-1-2-5-6(3-4)14-7(12)13-5;/h4H,1-3H2,(H2,12,13);1H. The number of hydrogen-bond donors (Lipinski definition) is 1. The van der Waals surface area contributed by atoms with Gasteiger partial charge >= 0.3 is 6.18 Å². The predicted molar refractivity (Wildman–Crippen MR) is 55.3 cm³/mol. The van der Waals surface area contributed by atoms with Crippen LogP contribution >= 0.6 is 23.7 Å². The summed E-state index contributed by atoms with van der Waals surface area (Å²) in [5.74, 6) is -1.21. The lowest BCUT2D eigenvalue weighted by Crippen LogP contribution is -2.28. The van der Waals surface area contributed by atoms with Gasteiger partial charge in [-0.2, -0.15) is 13.2 Å². The molecule has 1 heterocycles. The summed E-state index contributed by atoms with van der Waals surface area (Å²) in [6.07, 6.45) is -3.50. The van der Waals surface area contributed by atoms with E-state index in [1.165, 1.54) is 11.3 Å². The van der Waals surface area contributed by atoms with Crippen molar-refractivity contribution in [3.63, 3.8) is 0 Å². The Labute approximate surface area is 95.1 Å². The van der Waals surface area contributed by atoms with Gasteiger partial charge < -0.3 is 5.73 Å². The van der Waals surface area contributed by atoms with Crippen LogP contribution in [0.15, 0.2) is 0 Å². The SMILES string of the molecule is Cl.Nc1nc2c(s1)CC(C(F)(F)F)CC2. The summed E-state index contributed by atoms with van der Waals surface area (Å²) in [5.41, 5.74) is 6.20. The summed E-state index contributed by atoms with van der Waals surface area (Å²) >= 11 is 1.18. The van der Waals surface area contributed by atoms with Crippen LogP contribution < -0.4 is 5.73 Å². The van der Waals surface area contributed by atoms with Crippen LogP contribution in [0, 0.1) is 5.92 Å². The largest absolute Gasteiger partial charge is 0.392 e. The van der Waals surface area contributed by atoms with E-state index in [9.17, 15) is 13.2 Å². The number of aryl methyl sites for hydroxylation is 1. The number of thiazole rings is 1. The van der Waals surface area contributed by atoms with Crippen molar-refractivity contribution in [3.8, 4) is 0 Å². The number of alkyl halides is 3. The Balaban J connectivity index is 0.00000112. The fourth-order valence-electron chi connectivity index (χ4n) is 1.67. The molecule has 1 aromatic rings. The Morgan fingerprint density at radius 1 is 1.40 bits per heavy atom. The van der Waals surface area contributed by atoms with Gasteiger partial charge in [-0.15, -0.1) is 23.7 Å². The molecule has 1 aromatic heterocycles. The maximum Gasteiger partial charge on any atom is 0.392 e. The molecule has 1 aliphatic carbocycles. The van der Waals surface area contributed by atoms with Crippen molar-refractivity contribution >= 4 is 28.9 Å². The van der Waals surface area contributed by atoms with Crippen molar-refractivity contribution in [2.75, 3.05) is 5.73 Å². The highest BCUT2D eigenvalue weighted by Gasteiger charge is 2.41. The lowest BCUT2D eigenvalue weighted by molar-refractivity contribution is -0.176. The zero-order chi connectivity index (χ0) is 10.3. The fraction of sp³-hybridized carbons (Fsp3) is 0.625. The average molecular weight is 259 g/mol. The molecule has 2 nitrogen and oxygen atoms in total. The molecular formula is C8H10ClF3N2S. The number of fused-ring (bicyclic) bond motifs is 1. The quantitative estimate of drug-likeness (QED) is 0.777. The number of aromatic nitrogens is 1. The van der Waals surface area contributed by atoms with E-state index in [4.69, 9.17) is 5.73 Å². The minimum Gasteiger partial charge on any atom is -0.375 e. The summed E-state index contributed by atoms with van der Waals surface area (Å²) in [5, 5.41) is 0.373. The van der Waals surface area contributed by atoms with Crippen LogP contribution in [-0.4, -0.2) is 11.2 Å². The number of halogens is 4. The molecule has 0 radical (unpaired) electrons. The first-order chi connectivity index (χ1) is 6.47. The smallest absolute Gasteiger partial charge is 0.375 e. The van der Waals surface area contributed by atoms with Crippen LogP contribution in [0.25, 0.3) is 0 Å². The van der Waals surface area contributed by atoms with Gasteiger partial charge in [0.1, 0.15) is 0 Å². The molecule has 0 aliphatic heterocycles. The van der Waals surface area contributed by atoms with Crippen molar-refractivity contribution in [1.29, 1.82) is 0 Å². The molecule has 0 bridgehead atoms. The lowest BCUT2D eigenvalue weighted by Gasteiger charge is -2.23. The second-order valence-corrected chi connectivity index (χ2v) is 4.52. The zero-order valence-electron chi connectivity index (χ0n) is 7.67. The van der Waals surface area contributed by atoms with Crippen LogP contribution in [0.4, 0.5) is 18.3 Å². The van der Waals surface area contributed by atoms with Crippen LogP contribution in [0.3, 0.4) is 0 Å². The molecule has 2 rings (SSSR count). The fourth-order valence-corrected chi connectivity index (χ4v) is 2.63. The highest BCUT2D eigenvalue weighted by molar-refractivity contribution is 7.15. The van der Waals surface area contributed by atoms with Crippen molar-refractivity contribution in [2.24, 2.45) is 5.92 Å². The molecule has 0 amide bonds. The number of nitrogens with zero attached hydrogens (tertiary/aromatic N) is 1. The monoisotopic (exact) mass is 258 g/mol. The number of nitrogen functional groups attached to an aromatic ring is 1. The summed E-state index contributed by atoms with van der Waals surface area (Å²) in [7, 11) is 0. The molecule has 0 spiro atoms. The minimum atomic E-state index is -4.09. The number of rotatable bonds is 0. The average Bonchev–Trinajstić information content (AvgIpc) is 2.41. The zero-order valence-corrected chi connectivity index (χ0v) is 9.31. The number of nitrogens with two attached hydrogens (primary N) is 1. The van der Waals surface area contributed by atoms with Crippen molar-refractivity contribution in [2.45, 2.75) is 25.4 Å². The summed E-state index contributed by atoms with van der Waals surface area (Å²) in [6.45, 7) is 0. The molecule has 1 atom stereocenters. The van der Waals surface area contributed by atoms with Gasteiger partial charge in [0, 0.05) is 4.88 Å². The number of hydrogen-bond acceptors (Lipinski definition) is 3. The Hall–Kier alpha value is -0.490. The molecule has 0 saturated heterocycles.